The maximum absolute atomic E-state index is 11.7. The number of carbonyl (C=O) groups is 1. The molecule has 0 aromatic heterocycles. The summed E-state index contributed by atoms with van der Waals surface area (Å²) in [4.78, 5) is 22.4. The van der Waals surface area contributed by atoms with Gasteiger partial charge in [0, 0.05) is 29.8 Å². The monoisotopic (exact) mass is 335 g/mol. The second kappa shape index (κ2) is 7.17. The van der Waals surface area contributed by atoms with Crippen LogP contribution in [0.4, 0.5) is 10.5 Å². The van der Waals surface area contributed by atoms with Crippen molar-refractivity contribution in [2.45, 2.75) is 64.3 Å². The molecule has 1 unspecified atom stereocenters. The van der Waals surface area contributed by atoms with Crippen LogP contribution in [-0.2, 0) is 4.74 Å². The molecule has 1 aromatic carbocycles. The Morgan fingerprint density at radius 2 is 1.92 bits per heavy atom. The van der Waals surface area contributed by atoms with Crippen molar-refractivity contribution in [1.29, 1.82) is 0 Å². The number of amides is 1. The number of carbonyl (C=O) groups excluding carboxylic acids is 1. The molecule has 0 saturated heterocycles. The van der Waals surface area contributed by atoms with Gasteiger partial charge in [-0.3, -0.25) is 10.1 Å². The van der Waals surface area contributed by atoms with Gasteiger partial charge < -0.3 is 15.4 Å². The number of alkyl carbamates (subject to hydrolysis) is 1. The summed E-state index contributed by atoms with van der Waals surface area (Å²) in [7, 11) is 0. The summed E-state index contributed by atoms with van der Waals surface area (Å²) in [5.41, 5.74) is 0.290. The number of nitrogens with zero attached hydrogens (tertiary/aromatic N) is 1. The molecule has 2 rings (SSSR count). The van der Waals surface area contributed by atoms with Crippen LogP contribution in [0.3, 0.4) is 0 Å². The highest BCUT2D eigenvalue weighted by Gasteiger charge is 2.33. The second-order valence-corrected chi connectivity index (χ2v) is 7.22. The van der Waals surface area contributed by atoms with Gasteiger partial charge in [0.1, 0.15) is 5.60 Å². The molecular formula is C17H25N3O4. The lowest BCUT2D eigenvalue weighted by atomic mass is 9.86. The van der Waals surface area contributed by atoms with Gasteiger partial charge in [-0.25, -0.2) is 4.79 Å². The highest BCUT2D eigenvalue weighted by Crippen LogP contribution is 2.28. The fourth-order valence-electron chi connectivity index (χ4n) is 2.81. The minimum atomic E-state index is -0.508. The van der Waals surface area contributed by atoms with Gasteiger partial charge in [0.15, 0.2) is 0 Å². The molecule has 0 aliphatic heterocycles. The van der Waals surface area contributed by atoms with E-state index in [0.29, 0.717) is 5.56 Å². The smallest absolute Gasteiger partial charge is 0.407 e. The van der Waals surface area contributed by atoms with Crippen molar-refractivity contribution in [3.8, 4) is 0 Å². The fraction of sp³-hybridized carbons (Fsp3) is 0.588. The minimum absolute atomic E-state index is 0.0790. The Balaban J connectivity index is 1.81. The predicted octanol–water partition coefficient (Wildman–Crippen LogP) is 3.30. The number of nitro groups is 1. The van der Waals surface area contributed by atoms with E-state index < -0.39 is 11.7 Å². The van der Waals surface area contributed by atoms with Crippen LogP contribution in [0.5, 0.6) is 0 Å². The molecule has 0 bridgehead atoms. The molecule has 132 valence electrons. The molecule has 1 amide bonds. The molecule has 1 aromatic rings. The molecular weight excluding hydrogens is 310 g/mol. The Labute approximate surface area is 141 Å². The highest BCUT2D eigenvalue weighted by molar-refractivity contribution is 5.68. The van der Waals surface area contributed by atoms with Crippen LogP contribution in [-0.4, -0.2) is 28.7 Å². The Morgan fingerprint density at radius 1 is 1.29 bits per heavy atom. The van der Waals surface area contributed by atoms with E-state index in [1.165, 1.54) is 6.07 Å². The van der Waals surface area contributed by atoms with Crippen molar-refractivity contribution in [1.82, 2.24) is 10.6 Å². The first-order valence-electron chi connectivity index (χ1n) is 8.14. The van der Waals surface area contributed by atoms with Gasteiger partial charge in [0.2, 0.25) is 0 Å². The lowest BCUT2D eigenvalue weighted by Crippen LogP contribution is -2.53. The van der Waals surface area contributed by atoms with Crippen LogP contribution < -0.4 is 10.6 Å². The predicted molar refractivity (Wildman–Crippen MR) is 90.8 cm³/mol. The molecule has 1 atom stereocenters. The summed E-state index contributed by atoms with van der Waals surface area (Å²) in [6.45, 7) is 7.39. The van der Waals surface area contributed by atoms with E-state index >= 15 is 0 Å². The number of ether oxygens (including phenoxy) is 1. The molecule has 1 aliphatic rings. The van der Waals surface area contributed by atoms with Crippen molar-refractivity contribution in [2.75, 3.05) is 0 Å². The second-order valence-electron chi connectivity index (χ2n) is 7.22. The number of para-hydroxylation sites is 1. The molecule has 0 spiro atoms. The van der Waals surface area contributed by atoms with Gasteiger partial charge >= 0.3 is 6.09 Å². The molecule has 1 saturated carbocycles. The third kappa shape index (κ3) is 4.92. The van der Waals surface area contributed by atoms with Gasteiger partial charge in [-0.1, -0.05) is 18.2 Å². The molecule has 1 fully saturated rings. The summed E-state index contributed by atoms with van der Waals surface area (Å²) in [6, 6.07) is 6.92. The standard InChI is InChI=1S/C17H25N3O4/c1-11(14-7-5-6-8-15(14)20(22)23)18-12-9-13(10-12)19-16(21)24-17(2,3)4/h5-8,11-13,18H,9-10H2,1-4H3,(H,19,21). The zero-order valence-corrected chi connectivity index (χ0v) is 14.5. The van der Waals surface area contributed by atoms with E-state index in [1.807, 2.05) is 27.7 Å². The number of rotatable bonds is 5. The minimum Gasteiger partial charge on any atom is -0.444 e. The topological polar surface area (TPSA) is 93.5 Å². The Kier molecular flexibility index (Phi) is 5.43. The van der Waals surface area contributed by atoms with Gasteiger partial charge in [0.05, 0.1) is 4.92 Å². The lowest BCUT2D eigenvalue weighted by Gasteiger charge is -2.38. The van der Waals surface area contributed by atoms with E-state index in [0.717, 1.165) is 12.8 Å². The SMILES string of the molecule is CC(NC1CC(NC(=O)OC(C)(C)C)C1)c1ccccc1[N+](=O)[O-]. The van der Waals surface area contributed by atoms with Crippen molar-refractivity contribution in [3.05, 3.63) is 39.9 Å². The van der Waals surface area contributed by atoms with Crippen molar-refractivity contribution < 1.29 is 14.5 Å². The van der Waals surface area contributed by atoms with Crippen LogP contribution >= 0.6 is 0 Å². The maximum atomic E-state index is 11.7. The molecule has 7 heteroatoms. The molecule has 24 heavy (non-hydrogen) atoms. The zero-order chi connectivity index (χ0) is 17.9. The average Bonchev–Trinajstić information content (AvgIpc) is 2.42. The third-order valence-corrected chi connectivity index (χ3v) is 3.94. The molecule has 0 radical (unpaired) electrons. The number of nitrogens with one attached hydrogen (secondary N) is 2. The lowest BCUT2D eigenvalue weighted by molar-refractivity contribution is -0.385. The Hall–Kier alpha value is -2.15. The zero-order valence-electron chi connectivity index (χ0n) is 14.5. The van der Waals surface area contributed by atoms with Crippen LogP contribution in [0, 0.1) is 10.1 Å². The quantitative estimate of drug-likeness (QED) is 0.636. The first kappa shape index (κ1) is 18.2. The van der Waals surface area contributed by atoms with Crippen LogP contribution in [0.15, 0.2) is 24.3 Å². The number of benzene rings is 1. The van der Waals surface area contributed by atoms with Crippen molar-refractivity contribution >= 4 is 11.8 Å². The van der Waals surface area contributed by atoms with E-state index in [4.69, 9.17) is 4.74 Å². The normalized spacial score (nSPS) is 21.5. The van der Waals surface area contributed by atoms with Crippen LogP contribution in [0.1, 0.15) is 52.1 Å². The Morgan fingerprint density at radius 3 is 2.50 bits per heavy atom. The van der Waals surface area contributed by atoms with Gasteiger partial charge in [-0.2, -0.15) is 0 Å². The first-order valence-corrected chi connectivity index (χ1v) is 8.14. The maximum Gasteiger partial charge on any atom is 0.407 e. The number of nitro benzene ring substituents is 1. The molecule has 1 aliphatic carbocycles. The summed E-state index contributed by atoms with van der Waals surface area (Å²) in [5, 5.41) is 17.3. The van der Waals surface area contributed by atoms with Gasteiger partial charge in [-0.05, 0) is 40.5 Å². The van der Waals surface area contributed by atoms with E-state index in [1.54, 1.807) is 18.2 Å². The number of hydrogen-bond acceptors (Lipinski definition) is 5. The molecule has 7 nitrogen and oxygen atoms in total. The van der Waals surface area contributed by atoms with Gasteiger partial charge in [-0.15, -0.1) is 0 Å². The van der Waals surface area contributed by atoms with E-state index in [2.05, 4.69) is 10.6 Å². The first-order chi connectivity index (χ1) is 11.2. The van der Waals surface area contributed by atoms with E-state index in [-0.39, 0.29) is 28.7 Å². The average molecular weight is 335 g/mol. The number of hydrogen-bond donors (Lipinski definition) is 2. The highest BCUT2D eigenvalue weighted by atomic mass is 16.6. The van der Waals surface area contributed by atoms with Crippen LogP contribution in [0.25, 0.3) is 0 Å². The Bertz CT molecular complexity index is 606. The van der Waals surface area contributed by atoms with Crippen molar-refractivity contribution in [3.63, 3.8) is 0 Å². The summed E-state index contributed by atoms with van der Waals surface area (Å²) >= 11 is 0. The van der Waals surface area contributed by atoms with Gasteiger partial charge in [0.25, 0.3) is 5.69 Å². The van der Waals surface area contributed by atoms with E-state index in [9.17, 15) is 14.9 Å². The molecule has 2 N–H and O–H groups in total. The van der Waals surface area contributed by atoms with Crippen LogP contribution in [0.2, 0.25) is 0 Å². The third-order valence-electron chi connectivity index (χ3n) is 3.94. The molecule has 0 heterocycles. The summed E-state index contributed by atoms with van der Waals surface area (Å²) in [5.74, 6) is 0. The van der Waals surface area contributed by atoms with Crippen molar-refractivity contribution in [2.24, 2.45) is 0 Å². The largest absolute Gasteiger partial charge is 0.444 e. The summed E-state index contributed by atoms with van der Waals surface area (Å²) in [6.07, 6.45) is 1.16. The summed E-state index contributed by atoms with van der Waals surface area (Å²) < 4.78 is 5.23. The fourth-order valence-corrected chi connectivity index (χ4v) is 2.81.